The van der Waals surface area contributed by atoms with Crippen LogP contribution < -0.4 is 10.9 Å². The van der Waals surface area contributed by atoms with Crippen molar-refractivity contribution in [2.75, 3.05) is 0 Å². The highest BCUT2D eigenvalue weighted by Gasteiger charge is 2.16. The van der Waals surface area contributed by atoms with Gasteiger partial charge in [0.05, 0.1) is 0 Å². The fraction of sp³-hybridized carbons (Fsp3) is 0. The Labute approximate surface area is 67.8 Å². The number of nitrogens with one attached hydrogen (secondary N) is 3. The van der Waals surface area contributed by atoms with Gasteiger partial charge in [-0.1, -0.05) is 5.22 Å². The molecule has 0 atom stereocenters. The molecule has 7 nitrogen and oxygen atoms in total. The highest BCUT2D eigenvalue weighted by atomic mass is 16.4. The van der Waals surface area contributed by atoms with Crippen LogP contribution in [0.5, 0.6) is 0 Å². The SMILES string of the molecule is N=NN(C(=O)O)C1=CC=CNN1. The number of hydrazine groups is 1. The van der Waals surface area contributed by atoms with Crippen molar-refractivity contribution in [3.63, 3.8) is 0 Å². The average Bonchev–Trinajstić information content (AvgIpc) is 2.07. The average molecular weight is 169 g/mol. The molecular formula is C5H7N5O2. The van der Waals surface area contributed by atoms with Crippen LogP contribution in [0.3, 0.4) is 0 Å². The first kappa shape index (κ1) is 8.05. The van der Waals surface area contributed by atoms with Crippen LogP contribution in [-0.4, -0.2) is 16.2 Å². The number of allylic oxidation sites excluding steroid dienone is 2. The molecule has 1 heterocycles. The molecule has 1 aliphatic heterocycles. The van der Waals surface area contributed by atoms with E-state index >= 15 is 0 Å². The predicted molar refractivity (Wildman–Crippen MR) is 38.5 cm³/mol. The largest absolute Gasteiger partial charge is 0.463 e. The van der Waals surface area contributed by atoms with Gasteiger partial charge >= 0.3 is 6.09 Å². The van der Waals surface area contributed by atoms with Gasteiger partial charge in [0.1, 0.15) is 0 Å². The number of rotatable bonds is 2. The molecule has 1 aliphatic rings. The first-order valence-electron chi connectivity index (χ1n) is 3.04. The van der Waals surface area contributed by atoms with Crippen LogP contribution in [0, 0.1) is 5.53 Å². The van der Waals surface area contributed by atoms with E-state index < -0.39 is 6.09 Å². The van der Waals surface area contributed by atoms with Crippen LogP contribution in [0.4, 0.5) is 4.79 Å². The van der Waals surface area contributed by atoms with Gasteiger partial charge in [0, 0.05) is 6.20 Å². The van der Waals surface area contributed by atoms with Gasteiger partial charge in [0.2, 0.25) is 0 Å². The summed E-state index contributed by atoms with van der Waals surface area (Å²) in [5.41, 5.74) is 11.6. The lowest BCUT2D eigenvalue weighted by Gasteiger charge is -2.18. The molecule has 7 heteroatoms. The number of carbonyl (C=O) groups is 1. The summed E-state index contributed by atoms with van der Waals surface area (Å²) in [6.07, 6.45) is 3.32. The lowest BCUT2D eigenvalue weighted by molar-refractivity contribution is 0.151. The molecule has 0 saturated carbocycles. The Morgan fingerprint density at radius 3 is 2.92 bits per heavy atom. The second kappa shape index (κ2) is 3.37. The van der Waals surface area contributed by atoms with Crippen LogP contribution in [-0.2, 0) is 0 Å². The summed E-state index contributed by atoms with van der Waals surface area (Å²) in [5.74, 6) is 0.181. The molecule has 12 heavy (non-hydrogen) atoms. The number of carboxylic acid groups (broad SMARTS) is 1. The van der Waals surface area contributed by atoms with Gasteiger partial charge in [0.25, 0.3) is 0 Å². The van der Waals surface area contributed by atoms with Gasteiger partial charge in [-0.3, -0.25) is 5.43 Å². The first-order chi connectivity index (χ1) is 5.75. The zero-order valence-electron chi connectivity index (χ0n) is 5.98. The van der Waals surface area contributed by atoms with Gasteiger partial charge < -0.3 is 10.5 Å². The van der Waals surface area contributed by atoms with Crippen molar-refractivity contribution in [3.8, 4) is 0 Å². The molecule has 0 bridgehead atoms. The molecule has 64 valence electrons. The van der Waals surface area contributed by atoms with E-state index in [9.17, 15) is 4.79 Å². The van der Waals surface area contributed by atoms with Gasteiger partial charge in [0.15, 0.2) is 5.82 Å². The van der Waals surface area contributed by atoms with Crippen molar-refractivity contribution in [1.82, 2.24) is 15.9 Å². The smallest absolute Gasteiger partial charge is 0.435 e. The predicted octanol–water partition coefficient (Wildman–Crippen LogP) is 0.375. The quantitative estimate of drug-likeness (QED) is 0.354. The summed E-state index contributed by atoms with van der Waals surface area (Å²) in [5, 5.41) is 11.8. The van der Waals surface area contributed by atoms with Crippen LogP contribution in [0.25, 0.3) is 0 Å². The minimum Gasteiger partial charge on any atom is -0.463 e. The van der Waals surface area contributed by atoms with Crippen molar-refractivity contribution >= 4 is 6.09 Å². The van der Waals surface area contributed by atoms with E-state index in [-0.39, 0.29) is 5.82 Å². The minimum atomic E-state index is -1.32. The summed E-state index contributed by atoms with van der Waals surface area (Å²) in [7, 11) is 0. The van der Waals surface area contributed by atoms with Gasteiger partial charge in [-0.25, -0.2) is 4.79 Å². The number of nitrogens with zero attached hydrogens (tertiary/aromatic N) is 2. The third kappa shape index (κ3) is 1.51. The van der Waals surface area contributed by atoms with Crippen molar-refractivity contribution in [2.24, 2.45) is 5.22 Å². The Hall–Kier alpha value is -2.05. The summed E-state index contributed by atoms with van der Waals surface area (Å²) in [4.78, 5) is 10.4. The van der Waals surface area contributed by atoms with Gasteiger partial charge in [-0.2, -0.15) is 5.53 Å². The first-order valence-corrected chi connectivity index (χ1v) is 3.04. The zero-order chi connectivity index (χ0) is 8.97. The molecule has 0 saturated heterocycles. The van der Waals surface area contributed by atoms with Crippen molar-refractivity contribution in [1.29, 1.82) is 5.53 Å². The Morgan fingerprint density at radius 1 is 1.75 bits per heavy atom. The maximum atomic E-state index is 10.4. The summed E-state index contributed by atoms with van der Waals surface area (Å²) < 4.78 is 0. The molecule has 0 radical (unpaired) electrons. The lowest BCUT2D eigenvalue weighted by atomic mass is 10.5. The molecule has 0 spiro atoms. The second-order valence-electron chi connectivity index (χ2n) is 1.87. The van der Waals surface area contributed by atoms with Crippen molar-refractivity contribution in [2.45, 2.75) is 0 Å². The normalized spacial score (nSPS) is 13.8. The third-order valence-corrected chi connectivity index (χ3v) is 1.14. The van der Waals surface area contributed by atoms with Crippen LogP contribution in [0.1, 0.15) is 0 Å². The standard InChI is InChI=1S/C5H7N5O2/c6-9-10(5(11)12)4-2-1-3-7-8-4/h1-3,6-8H,(H,11,12). The molecule has 1 rings (SSSR count). The second-order valence-corrected chi connectivity index (χ2v) is 1.87. The number of amides is 1. The van der Waals surface area contributed by atoms with E-state index in [1.807, 2.05) is 0 Å². The summed E-state index contributed by atoms with van der Waals surface area (Å²) in [6, 6.07) is 0. The van der Waals surface area contributed by atoms with Gasteiger partial charge in [-0.15, -0.1) is 5.01 Å². The third-order valence-electron chi connectivity index (χ3n) is 1.14. The van der Waals surface area contributed by atoms with E-state index in [1.165, 1.54) is 6.08 Å². The molecule has 0 aliphatic carbocycles. The van der Waals surface area contributed by atoms with Gasteiger partial charge in [-0.05, 0) is 12.2 Å². The van der Waals surface area contributed by atoms with Crippen LogP contribution in [0.15, 0.2) is 29.4 Å². The lowest BCUT2D eigenvalue weighted by Crippen LogP contribution is -2.38. The summed E-state index contributed by atoms with van der Waals surface area (Å²) >= 11 is 0. The van der Waals surface area contributed by atoms with E-state index in [0.717, 1.165) is 0 Å². The molecule has 0 aromatic carbocycles. The fourth-order valence-electron chi connectivity index (χ4n) is 0.668. The number of hydrogen-bond donors (Lipinski definition) is 4. The zero-order valence-corrected chi connectivity index (χ0v) is 5.98. The highest BCUT2D eigenvalue weighted by Crippen LogP contribution is 2.03. The highest BCUT2D eigenvalue weighted by molar-refractivity contribution is 5.66. The maximum Gasteiger partial charge on any atom is 0.435 e. The van der Waals surface area contributed by atoms with Crippen molar-refractivity contribution in [3.05, 3.63) is 24.2 Å². The van der Waals surface area contributed by atoms with E-state index in [2.05, 4.69) is 16.1 Å². The molecule has 0 unspecified atom stereocenters. The molecule has 4 N–H and O–H groups in total. The van der Waals surface area contributed by atoms with E-state index in [1.54, 1.807) is 12.3 Å². The molecule has 0 fully saturated rings. The Bertz CT molecular complexity index is 259. The molecule has 0 aromatic rings. The monoisotopic (exact) mass is 169 g/mol. The Balaban J connectivity index is 2.77. The molecular weight excluding hydrogens is 162 g/mol. The Morgan fingerprint density at radius 2 is 2.50 bits per heavy atom. The maximum absolute atomic E-state index is 10.4. The topological polar surface area (TPSA) is 101 Å². The number of hydrogen-bond acceptors (Lipinski definition) is 5. The van der Waals surface area contributed by atoms with Crippen LogP contribution in [0.2, 0.25) is 0 Å². The van der Waals surface area contributed by atoms with Crippen LogP contribution >= 0.6 is 0 Å². The van der Waals surface area contributed by atoms with E-state index in [4.69, 9.17) is 10.6 Å². The Kier molecular flexibility index (Phi) is 2.26. The van der Waals surface area contributed by atoms with Crippen molar-refractivity contribution < 1.29 is 9.90 Å². The fourth-order valence-corrected chi connectivity index (χ4v) is 0.668. The van der Waals surface area contributed by atoms with E-state index in [0.29, 0.717) is 5.01 Å². The molecule has 1 amide bonds. The minimum absolute atomic E-state index is 0.181. The molecule has 0 aromatic heterocycles. The summed E-state index contributed by atoms with van der Waals surface area (Å²) in [6.45, 7) is 0.